The Hall–Kier alpha value is -1.58. The number of rotatable bonds is 5. The molecule has 112 valence electrons. The maximum absolute atomic E-state index is 12.4. The molecule has 0 saturated heterocycles. The van der Waals surface area contributed by atoms with Crippen molar-refractivity contribution in [2.24, 2.45) is 7.05 Å². The smallest absolute Gasteiger partial charge is 0.358 e. The van der Waals surface area contributed by atoms with Gasteiger partial charge in [-0.15, -0.1) is 0 Å². The minimum absolute atomic E-state index is 0.155. The fourth-order valence-electron chi connectivity index (χ4n) is 1.63. The van der Waals surface area contributed by atoms with Crippen molar-refractivity contribution in [2.45, 2.75) is 6.18 Å². The second kappa shape index (κ2) is 6.25. The Balaban J connectivity index is 3.03. The van der Waals surface area contributed by atoms with Crippen LogP contribution in [0.25, 0.3) is 0 Å². The molecule has 6 nitrogen and oxygen atoms in total. The van der Waals surface area contributed by atoms with Crippen molar-refractivity contribution in [3.63, 3.8) is 0 Å². The number of halogens is 4. The first kappa shape index (κ1) is 16.5. The van der Waals surface area contributed by atoms with Gasteiger partial charge in [-0.2, -0.15) is 13.2 Å². The summed E-state index contributed by atoms with van der Waals surface area (Å²) in [4.78, 5) is 22.6. The minimum Gasteiger partial charge on any atom is -0.358 e. The van der Waals surface area contributed by atoms with Gasteiger partial charge in [0.15, 0.2) is 5.69 Å². The van der Waals surface area contributed by atoms with E-state index in [2.05, 4.69) is 15.9 Å². The van der Waals surface area contributed by atoms with E-state index < -0.39 is 23.6 Å². The van der Waals surface area contributed by atoms with Crippen LogP contribution in [0.3, 0.4) is 0 Å². The normalized spacial score (nSPS) is 11.4. The molecule has 1 heterocycles. The van der Waals surface area contributed by atoms with E-state index in [0.717, 1.165) is 16.7 Å². The van der Waals surface area contributed by atoms with E-state index in [1.54, 1.807) is 0 Å². The molecule has 0 bridgehead atoms. The predicted molar refractivity (Wildman–Crippen MR) is 67.8 cm³/mol. The van der Waals surface area contributed by atoms with E-state index in [1.165, 1.54) is 7.05 Å². The molecule has 1 aromatic rings. The molecule has 0 radical (unpaired) electrons. The Morgan fingerprint density at radius 1 is 1.50 bits per heavy atom. The largest absolute Gasteiger partial charge is 0.406 e. The number of hydrogen-bond donors (Lipinski definition) is 0. The fourth-order valence-corrected chi connectivity index (χ4v) is 2.06. The van der Waals surface area contributed by atoms with E-state index in [9.17, 15) is 28.1 Å². The van der Waals surface area contributed by atoms with Gasteiger partial charge in [-0.1, -0.05) is 15.9 Å². The number of nitrogens with zero attached hydrogens (tertiary/aromatic N) is 3. The molecular formula is C10H11BrF3N3O3. The lowest BCUT2D eigenvalue weighted by molar-refractivity contribution is -0.391. The summed E-state index contributed by atoms with van der Waals surface area (Å²) in [6.07, 6.45) is -4.53. The van der Waals surface area contributed by atoms with Crippen molar-refractivity contribution in [3.05, 3.63) is 27.9 Å². The lowest BCUT2D eigenvalue weighted by Gasteiger charge is -2.22. The van der Waals surface area contributed by atoms with E-state index in [-0.39, 0.29) is 23.4 Å². The zero-order valence-electron chi connectivity index (χ0n) is 10.4. The highest BCUT2D eigenvalue weighted by Gasteiger charge is 2.35. The molecule has 0 saturated carbocycles. The summed E-state index contributed by atoms with van der Waals surface area (Å²) >= 11 is 2.97. The molecular weight excluding hydrogens is 347 g/mol. The van der Waals surface area contributed by atoms with E-state index >= 15 is 0 Å². The molecule has 20 heavy (non-hydrogen) atoms. The molecule has 0 aliphatic carbocycles. The number of nitro groups is 1. The van der Waals surface area contributed by atoms with Crippen molar-refractivity contribution in [2.75, 3.05) is 18.4 Å². The first-order valence-corrected chi connectivity index (χ1v) is 6.51. The molecule has 0 aliphatic heterocycles. The van der Waals surface area contributed by atoms with Crippen LogP contribution in [0.2, 0.25) is 0 Å². The zero-order chi connectivity index (χ0) is 15.5. The van der Waals surface area contributed by atoms with Gasteiger partial charge in [-0.3, -0.25) is 4.79 Å². The molecule has 0 atom stereocenters. The topological polar surface area (TPSA) is 68.4 Å². The summed E-state index contributed by atoms with van der Waals surface area (Å²) in [7, 11) is 1.26. The van der Waals surface area contributed by atoms with Crippen LogP contribution in [0, 0.1) is 10.1 Å². The van der Waals surface area contributed by atoms with Gasteiger partial charge in [-0.05, 0) is 11.0 Å². The molecule has 0 aliphatic rings. The molecule has 0 aromatic carbocycles. The van der Waals surface area contributed by atoms with Gasteiger partial charge in [0, 0.05) is 17.9 Å². The second-order valence-corrected chi connectivity index (χ2v) is 4.72. The van der Waals surface area contributed by atoms with E-state index in [1.807, 2.05) is 0 Å². The van der Waals surface area contributed by atoms with Crippen LogP contribution in [0.5, 0.6) is 0 Å². The fraction of sp³-hybridized carbons (Fsp3) is 0.500. The van der Waals surface area contributed by atoms with Crippen LogP contribution in [-0.4, -0.2) is 44.9 Å². The number of amides is 1. The number of hydrogen-bond acceptors (Lipinski definition) is 3. The van der Waals surface area contributed by atoms with Gasteiger partial charge in [0.25, 0.3) is 5.91 Å². The van der Waals surface area contributed by atoms with Crippen molar-refractivity contribution in [1.29, 1.82) is 0 Å². The highest BCUT2D eigenvalue weighted by Crippen LogP contribution is 2.21. The van der Waals surface area contributed by atoms with Crippen LogP contribution in [0.1, 0.15) is 10.5 Å². The van der Waals surface area contributed by atoms with Gasteiger partial charge in [0.2, 0.25) is 0 Å². The maximum atomic E-state index is 12.4. The standard InChI is InChI=1S/C10H11BrF3N3O3/c1-15-7(2-3-8(15)17(19)20)9(18)16(5-4-11)6-10(12,13)14/h2-3H,4-6H2,1H3. The Kier molecular flexibility index (Phi) is 5.15. The van der Waals surface area contributed by atoms with Crippen molar-refractivity contribution < 1.29 is 22.9 Å². The summed E-state index contributed by atoms with van der Waals surface area (Å²) in [6.45, 7) is -1.56. The van der Waals surface area contributed by atoms with Gasteiger partial charge in [-0.25, -0.2) is 4.57 Å². The summed E-state index contributed by atoms with van der Waals surface area (Å²) in [5.41, 5.74) is -0.165. The molecule has 10 heteroatoms. The summed E-state index contributed by atoms with van der Waals surface area (Å²) in [5.74, 6) is -1.27. The molecule has 0 N–H and O–H groups in total. The Morgan fingerprint density at radius 2 is 2.10 bits per heavy atom. The molecule has 1 amide bonds. The number of alkyl halides is 4. The second-order valence-electron chi connectivity index (χ2n) is 3.92. The molecule has 1 rings (SSSR count). The van der Waals surface area contributed by atoms with Crippen LogP contribution in [-0.2, 0) is 7.05 Å². The predicted octanol–water partition coefficient (Wildman–Crippen LogP) is 2.33. The third-order valence-electron chi connectivity index (χ3n) is 2.51. The number of carbonyl (C=O) groups is 1. The highest BCUT2D eigenvalue weighted by atomic mass is 79.9. The van der Waals surface area contributed by atoms with Gasteiger partial charge >= 0.3 is 12.0 Å². The van der Waals surface area contributed by atoms with E-state index in [4.69, 9.17) is 0 Å². The first-order valence-electron chi connectivity index (χ1n) is 5.39. The van der Waals surface area contributed by atoms with Crippen molar-refractivity contribution >= 4 is 27.7 Å². The molecule has 0 unspecified atom stereocenters. The maximum Gasteiger partial charge on any atom is 0.406 e. The zero-order valence-corrected chi connectivity index (χ0v) is 11.9. The monoisotopic (exact) mass is 357 g/mol. The molecule has 0 fully saturated rings. The highest BCUT2D eigenvalue weighted by molar-refractivity contribution is 9.09. The lowest BCUT2D eigenvalue weighted by atomic mass is 10.3. The SMILES string of the molecule is Cn1c(C(=O)N(CCBr)CC(F)(F)F)ccc1[N+](=O)[O-]. The number of carbonyl (C=O) groups excluding carboxylic acids is 1. The Labute approximate surface area is 120 Å². The quantitative estimate of drug-likeness (QED) is 0.461. The van der Waals surface area contributed by atoms with Gasteiger partial charge in [0.1, 0.15) is 6.54 Å². The Bertz CT molecular complexity index is 516. The van der Waals surface area contributed by atoms with Crippen molar-refractivity contribution in [1.82, 2.24) is 9.47 Å². The summed E-state index contributed by atoms with van der Waals surface area (Å²) < 4.78 is 38.2. The summed E-state index contributed by atoms with van der Waals surface area (Å²) in [5, 5.41) is 10.8. The van der Waals surface area contributed by atoms with Crippen molar-refractivity contribution in [3.8, 4) is 0 Å². The third kappa shape index (κ3) is 3.95. The van der Waals surface area contributed by atoms with Crippen LogP contribution >= 0.6 is 15.9 Å². The Morgan fingerprint density at radius 3 is 2.50 bits per heavy atom. The summed E-state index contributed by atoms with van der Waals surface area (Å²) in [6, 6.07) is 2.21. The molecule has 1 aromatic heterocycles. The van der Waals surface area contributed by atoms with Crippen LogP contribution in [0.4, 0.5) is 19.0 Å². The minimum atomic E-state index is -4.53. The van der Waals surface area contributed by atoms with Gasteiger partial charge < -0.3 is 15.0 Å². The molecule has 0 spiro atoms. The first-order chi connectivity index (χ1) is 9.17. The average Bonchev–Trinajstić information content (AvgIpc) is 2.68. The third-order valence-corrected chi connectivity index (χ3v) is 2.87. The van der Waals surface area contributed by atoms with Gasteiger partial charge in [0.05, 0.1) is 7.05 Å². The average molecular weight is 358 g/mol. The number of aromatic nitrogens is 1. The van der Waals surface area contributed by atoms with Crippen LogP contribution in [0.15, 0.2) is 12.1 Å². The van der Waals surface area contributed by atoms with E-state index in [0.29, 0.717) is 4.90 Å². The van der Waals surface area contributed by atoms with Crippen LogP contribution < -0.4 is 0 Å². The lowest BCUT2D eigenvalue weighted by Crippen LogP contribution is -2.40.